The van der Waals surface area contributed by atoms with Gasteiger partial charge in [-0.2, -0.15) is 0 Å². The van der Waals surface area contributed by atoms with E-state index in [9.17, 15) is 4.79 Å². The largest absolute Gasteiger partial charge is 0.467 e. The Labute approximate surface area is 96.4 Å². The molecule has 0 aromatic carbocycles. The predicted molar refractivity (Wildman–Crippen MR) is 63.1 cm³/mol. The molecule has 0 fully saturated rings. The van der Waals surface area contributed by atoms with Crippen molar-refractivity contribution in [3.05, 3.63) is 23.7 Å². The molecule has 4 heteroatoms. The molecule has 0 atom stereocenters. The van der Waals surface area contributed by atoms with Crippen LogP contribution in [-0.4, -0.2) is 23.9 Å². The van der Waals surface area contributed by atoms with Crippen molar-refractivity contribution < 1.29 is 9.21 Å². The van der Waals surface area contributed by atoms with E-state index in [0.29, 0.717) is 17.9 Å². The number of hydrogen-bond acceptors (Lipinski definition) is 3. The molecule has 16 heavy (non-hydrogen) atoms. The van der Waals surface area contributed by atoms with E-state index in [0.717, 1.165) is 25.9 Å². The molecule has 2 N–H and O–H groups in total. The number of rotatable bonds is 6. The van der Waals surface area contributed by atoms with Gasteiger partial charge in [0.05, 0.1) is 12.1 Å². The minimum atomic E-state index is 0.0272. The van der Waals surface area contributed by atoms with Gasteiger partial charge in [-0.1, -0.05) is 13.3 Å². The first-order chi connectivity index (χ1) is 7.72. The molecule has 0 aliphatic carbocycles. The first-order valence-electron chi connectivity index (χ1n) is 5.79. The molecule has 1 heterocycles. The molecule has 1 rings (SSSR count). The number of carbonyl (C=O) groups is 1. The lowest BCUT2D eigenvalue weighted by Crippen LogP contribution is -2.31. The summed E-state index contributed by atoms with van der Waals surface area (Å²) in [7, 11) is 0. The van der Waals surface area contributed by atoms with Gasteiger partial charge in [0.1, 0.15) is 12.0 Å². The normalized spacial score (nSPS) is 10.4. The van der Waals surface area contributed by atoms with E-state index >= 15 is 0 Å². The molecule has 0 spiro atoms. The lowest BCUT2D eigenvalue weighted by Gasteiger charge is -2.19. The smallest absolute Gasteiger partial charge is 0.257 e. The lowest BCUT2D eigenvalue weighted by molar-refractivity contribution is 0.0761. The third-order valence-electron chi connectivity index (χ3n) is 2.55. The van der Waals surface area contributed by atoms with Crippen LogP contribution >= 0.6 is 0 Å². The summed E-state index contributed by atoms with van der Waals surface area (Å²) in [5.74, 6) is 0.675. The molecular formula is C12H20N2O2. The second-order valence-electron chi connectivity index (χ2n) is 3.74. The fourth-order valence-electron chi connectivity index (χ4n) is 1.53. The zero-order valence-corrected chi connectivity index (χ0v) is 10.0. The minimum Gasteiger partial charge on any atom is -0.467 e. The summed E-state index contributed by atoms with van der Waals surface area (Å²) >= 11 is 0. The van der Waals surface area contributed by atoms with Crippen molar-refractivity contribution in [1.29, 1.82) is 0 Å². The number of unbranched alkanes of at least 4 members (excludes halogenated alkanes) is 1. The van der Waals surface area contributed by atoms with E-state index in [2.05, 4.69) is 6.92 Å². The molecule has 0 bridgehead atoms. The molecule has 4 nitrogen and oxygen atoms in total. The summed E-state index contributed by atoms with van der Waals surface area (Å²) in [4.78, 5) is 13.9. The summed E-state index contributed by atoms with van der Waals surface area (Å²) in [6.07, 6.45) is 3.60. The Bertz CT molecular complexity index is 334. The van der Waals surface area contributed by atoms with Gasteiger partial charge in [0.25, 0.3) is 5.91 Å². The Hall–Kier alpha value is -1.29. The fraction of sp³-hybridized carbons (Fsp3) is 0.583. The number of nitrogens with zero attached hydrogens (tertiary/aromatic N) is 1. The summed E-state index contributed by atoms with van der Waals surface area (Å²) in [5, 5.41) is 0. The van der Waals surface area contributed by atoms with Gasteiger partial charge in [-0.25, -0.2) is 0 Å². The molecule has 1 aromatic heterocycles. The van der Waals surface area contributed by atoms with Crippen molar-refractivity contribution in [2.24, 2.45) is 5.73 Å². The molecule has 0 unspecified atom stereocenters. The highest BCUT2D eigenvalue weighted by Crippen LogP contribution is 2.10. The van der Waals surface area contributed by atoms with Gasteiger partial charge in [-0.05, 0) is 19.4 Å². The second kappa shape index (κ2) is 6.33. The van der Waals surface area contributed by atoms with Crippen LogP contribution in [0.2, 0.25) is 0 Å². The van der Waals surface area contributed by atoms with Crippen LogP contribution in [0.25, 0.3) is 0 Å². The van der Waals surface area contributed by atoms with Gasteiger partial charge in [0, 0.05) is 13.1 Å². The number of carbonyl (C=O) groups excluding carboxylic acids is 1. The van der Waals surface area contributed by atoms with E-state index in [-0.39, 0.29) is 5.91 Å². The van der Waals surface area contributed by atoms with E-state index in [1.165, 1.54) is 6.26 Å². The molecule has 1 aromatic rings. The Kier molecular flexibility index (Phi) is 5.05. The SMILES string of the molecule is CCCCN(CC)C(=O)c1coc(CN)c1. The van der Waals surface area contributed by atoms with Crippen molar-refractivity contribution in [3.63, 3.8) is 0 Å². The van der Waals surface area contributed by atoms with Gasteiger partial charge < -0.3 is 15.1 Å². The van der Waals surface area contributed by atoms with Crippen LogP contribution in [0.5, 0.6) is 0 Å². The molecule has 0 saturated heterocycles. The molecule has 0 aliphatic rings. The highest BCUT2D eigenvalue weighted by Gasteiger charge is 2.15. The zero-order chi connectivity index (χ0) is 12.0. The van der Waals surface area contributed by atoms with Crippen molar-refractivity contribution in [1.82, 2.24) is 4.90 Å². The predicted octanol–water partition coefficient (Wildman–Crippen LogP) is 2.00. The Balaban J connectivity index is 2.66. The highest BCUT2D eigenvalue weighted by molar-refractivity contribution is 5.94. The quantitative estimate of drug-likeness (QED) is 0.804. The standard InChI is InChI=1S/C12H20N2O2/c1-3-5-6-14(4-2)12(15)10-7-11(8-13)16-9-10/h7,9H,3-6,8,13H2,1-2H3. The fourth-order valence-corrected chi connectivity index (χ4v) is 1.53. The van der Waals surface area contributed by atoms with Crippen molar-refractivity contribution in [2.45, 2.75) is 33.2 Å². The second-order valence-corrected chi connectivity index (χ2v) is 3.74. The Morgan fingerprint density at radius 2 is 2.25 bits per heavy atom. The number of hydrogen-bond donors (Lipinski definition) is 1. The van der Waals surface area contributed by atoms with Crippen LogP contribution in [0, 0.1) is 0 Å². The van der Waals surface area contributed by atoms with Crippen molar-refractivity contribution >= 4 is 5.91 Å². The number of furan rings is 1. The van der Waals surface area contributed by atoms with Gasteiger partial charge in [0.15, 0.2) is 0 Å². The maximum atomic E-state index is 12.0. The molecular weight excluding hydrogens is 204 g/mol. The number of nitrogens with two attached hydrogens (primary N) is 1. The van der Waals surface area contributed by atoms with E-state index < -0.39 is 0 Å². The number of amides is 1. The topological polar surface area (TPSA) is 59.5 Å². The Morgan fingerprint density at radius 3 is 2.75 bits per heavy atom. The third-order valence-corrected chi connectivity index (χ3v) is 2.55. The molecule has 0 radical (unpaired) electrons. The van der Waals surface area contributed by atoms with Crippen LogP contribution in [0.15, 0.2) is 16.7 Å². The van der Waals surface area contributed by atoms with Crippen LogP contribution in [0.4, 0.5) is 0 Å². The summed E-state index contributed by atoms with van der Waals surface area (Å²) in [6.45, 7) is 5.95. The average Bonchev–Trinajstić information content (AvgIpc) is 2.78. The first-order valence-corrected chi connectivity index (χ1v) is 5.79. The summed E-state index contributed by atoms with van der Waals surface area (Å²) < 4.78 is 5.16. The van der Waals surface area contributed by atoms with Crippen LogP contribution in [0.3, 0.4) is 0 Å². The monoisotopic (exact) mass is 224 g/mol. The van der Waals surface area contributed by atoms with Gasteiger partial charge in [-0.3, -0.25) is 4.79 Å². The molecule has 90 valence electrons. The first kappa shape index (κ1) is 12.8. The average molecular weight is 224 g/mol. The van der Waals surface area contributed by atoms with Gasteiger partial charge >= 0.3 is 0 Å². The summed E-state index contributed by atoms with van der Waals surface area (Å²) in [5.41, 5.74) is 6.03. The summed E-state index contributed by atoms with van der Waals surface area (Å²) in [6, 6.07) is 1.72. The van der Waals surface area contributed by atoms with Crippen LogP contribution in [-0.2, 0) is 6.54 Å². The molecule has 0 aliphatic heterocycles. The van der Waals surface area contributed by atoms with Gasteiger partial charge in [-0.15, -0.1) is 0 Å². The maximum Gasteiger partial charge on any atom is 0.257 e. The maximum absolute atomic E-state index is 12.0. The van der Waals surface area contributed by atoms with E-state index in [1.807, 2.05) is 11.8 Å². The zero-order valence-electron chi connectivity index (χ0n) is 10.0. The van der Waals surface area contributed by atoms with Gasteiger partial charge in [0.2, 0.25) is 0 Å². The van der Waals surface area contributed by atoms with E-state index in [1.54, 1.807) is 6.07 Å². The third kappa shape index (κ3) is 3.10. The Morgan fingerprint density at radius 1 is 1.50 bits per heavy atom. The lowest BCUT2D eigenvalue weighted by atomic mass is 10.2. The molecule has 1 amide bonds. The van der Waals surface area contributed by atoms with E-state index in [4.69, 9.17) is 10.2 Å². The van der Waals surface area contributed by atoms with Crippen molar-refractivity contribution in [3.8, 4) is 0 Å². The van der Waals surface area contributed by atoms with Crippen LogP contribution < -0.4 is 5.73 Å². The molecule has 0 saturated carbocycles. The van der Waals surface area contributed by atoms with Crippen LogP contribution in [0.1, 0.15) is 42.8 Å². The minimum absolute atomic E-state index is 0.0272. The van der Waals surface area contributed by atoms with Crippen molar-refractivity contribution in [2.75, 3.05) is 13.1 Å². The highest BCUT2D eigenvalue weighted by atomic mass is 16.3.